The molecule has 0 spiro atoms. The average molecular weight is 302 g/mol. The molecule has 1 atom stereocenters. The van der Waals surface area contributed by atoms with E-state index in [-0.39, 0.29) is 18.3 Å². The van der Waals surface area contributed by atoms with Crippen molar-refractivity contribution < 1.29 is 17.9 Å². The van der Waals surface area contributed by atoms with Crippen LogP contribution in [0.2, 0.25) is 0 Å². The number of nitrogens with one attached hydrogen (secondary N) is 1. The molecule has 1 rings (SSSR count). The second-order valence-corrected chi connectivity index (χ2v) is 6.54. The molecule has 0 aliphatic heterocycles. The molecule has 0 heterocycles. The van der Waals surface area contributed by atoms with Gasteiger partial charge in [0, 0.05) is 20.3 Å². The number of nitrogens with two attached hydrogens (primary N) is 1. The van der Waals surface area contributed by atoms with Crippen molar-refractivity contribution in [2.24, 2.45) is 5.92 Å². The minimum absolute atomic E-state index is 0.0577. The van der Waals surface area contributed by atoms with Crippen LogP contribution in [0.1, 0.15) is 6.92 Å². The van der Waals surface area contributed by atoms with Crippen molar-refractivity contribution in [2.75, 3.05) is 38.4 Å². The second-order valence-electron chi connectivity index (χ2n) is 4.61. The van der Waals surface area contributed by atoms with E-state index in [1.54, 1.807) is 31.4 Å². The zero-order valence-electron chi connectivity index (χ0n) is 11.8. The maximum atomic E-state index is 11.8. The van der Waals surface area contributed by atoms with Gasteiger partial charge in [-0.1, -0.05) is 19.1 Å². The van der Waals surface area contributed by atoms with Crippen LogP contribution < -0.4 is 15.2 Å². The zero-order chi connectivity index (χ0) is 15.0. The second kappa shape index (κ2) is 8.08. The Morgan fingerprint density at radius 2 is 2.05 bits per heavy atom. The first-order chi connectivity index (χ1) is 9.44. The first kappa shape index (κ1) is 16.7. The van der Waals surface area contributed by atoms with Crippen LogP contribution in [0.5, 0.6) is 5.75 Å². The van der Waals surface area contributed by atoms with Crippen LogP contribution in [-0.4, -0.2) is 41.0 Å². The molecule has 1 aromatic carbocycles. The highest BCUT2D eigenvalue weighted by atomic mass is 32.2. The van der Waals surface area contributed by atoms with Gasteiger partial charge in [0.25, 0.3) is 0 Å². The number of hydrogen-bond acceptors (Lipinski definition) is 5. The Kier molecular flexibility index (Phi) is 6.77. The van der Waals surface area contributed by atoms with Crippen molar-refractivity contribution in [3.63, 3.8) is 0 Å². The summed E-state index contributed by atoms with van der Waals surface area (Å²) in [5, 5.41) is 0. The van der Waals surface area contributed by atoms with Crippen LogP contribution in [-0.2, 0) is 14.8 Å². The molecule has 114 valence electrons. The smallest absolute Gasteiger partial charge is 0.214 e. The normalized spacial score (nSPS) is 13.1. The highest BCUT2D eigenvalue weighted by Crippen LogP contribution is 2.19. The van der Waals surface area contributed by atoms with Crippen molar-refractivity contribution >= 4 is 15.7 Å². The molecule has 0 aliphatic carbocycles. The van der Waals surface area contributed by atoms with Crippen molar-refractivity contribution in [1.29, 1.82) is 0 Å². The summed E-state index contributed by atoms with van der Waals surface area (Å²) in [6, 6.07) is 6.98. The van der Waals surface area contributed by atoms with Crippen molar-refractivity contribution in [2.45, 2.75) is 6.92 Å². The summed E-state index contributed by atoms with van der Waals surface area (Å²) in [6.45, 7) is 2.83. The summed E-state index contributed by atoms with van der Waals surface area (Å²) >= 11 is 0. The summed E-state index contributed by atoms with van der Waals surface area (Å²) < 4.78 is 36.3. The number of ether oxygens (including phenoxy) is 2. The number of rotatable bonds is 9. The van der Waals surface area contributed by atoms with Gasteiger partial charge in [0.15, 0.2) is 0 Å². The number of anilines is 1. The van der Waals surface area contributed by atoms with E-state index >= 15 is 0 Å². The summed E-state index contributed by atoms with van der Waals surface area (Å²) in [4.78, 5) is 0. The molecule has 0 fully saturated rings. The predicted octanol–water partition coefficient (Wildman–Crippen LogP) is 0.850. The van der Waals surface area contributed by atoms with E-state index in [4.69, 9.17) is 15.2 Å². The van der Waals surface area contributed by atoms with Crippen LogP contribution in [0.25, 0.3) is 0 Å². The van der Waals surface area contributed by atoms with E-state index < -0.39 is 10.0 Å². The lowest BCUT2D eigenvalue weighted by Crippen LogP contribution is -2.33. The van der Waals surface area contributed by atoms with Crippen LogP contribution in [0.3, 0.4) is 0 Å². The molecule has 20 heavy (non-hydrogen) atoms. The molecular weight excluding hydrogens is 280 g/mol. The summed E-state index contributed by atoms with van der Waals surface area (Å²) in [6.07, 6.45) is 0. The van der Waals surface area contributed by atoms with Gasteiger partial charge in [0.2, 0.25) is 10.0 Å². The maximum absolute atomic E-state index is 11.8. The van der Waals surface area contributed by atoms with E-state index in [1.807, 2.05) is 6.92 Å². The fourth-order valence-corrected chi connectivity index (χ4v) is 2.54. The third-order valence-electron chi connectivity index (χ3n) is 2.63. The van der Waals surface area contributed by atoms with E-state index in [2.05, 4.69) is 4.72 Å². The molecule has 0 aliphatic rings. The van der Waals surface area contributed by atoms with Gasteiger partial charge in [-0.15, -0.1) is 0 Å². The Balaban J connectivity index is 2.35. The highest BCUT2D eigenvalue weighted by Gasteiger charge is 2.12. The molecule has 0 amide bonds. The lowest BCUT2D eigenvalue weighted by Gasteiger charge is -2.12. The zero-order valence-corrected chi connectivity index (χ0v) is 12.7. The molecule has 0 saturated carbocycles. The first-order valence-corrected chi connectivity index (χ1v) is 8.03. The summed E-state index contributed by atoms with van der Waals surface area (Å²) in [5.41, 5.74) is 6.19. The standard InChI is InChI=1S/C13H22N2O4S/c1-11(10-18-2)9-15-20(16,17)8-7-19-13-6-4-3-5-12(13)14/h3-6,11,15H,7-10,14H2,1-2H3. The van der Waals surface area contributed by atoms with E-state index in [1.165, 1.54) is 0 Å². The minimum atomic E-state index is -3.35. The maximum Gasteiger partial charge on any atom is 0.214 e. The molecule has 0 radical (unpaired) electrons. The number of methoxy groups -OCH3 is 1. The highest BCUT2D eigenvalue weighted by molar-refractivity contribution is 7.89. The monoisotopic (exact) mass is 302 g/mol. The van der Waals surface area contributed by atoms with Crippen LogP contribution >= 0.6 is 0 Å². The predicted molar refractivity (Wildman–Crippen MR) is 79.2 cm³/mol. The van der Waals surface area contributed by atoms with Gasteiger partial charge in [-0.3, -0.25) is 0 Å². The third-order valence-corrected chi connectivity index (χ3v) is 3.94. The first-order valence-electron chi connectivity index (χ1n) is 6.38. The van der Waals surface area contributed by atoms with Crippen LogP contribution in [0.15, 0.2) is 24.3 Å². The van der Waals surface area contributed by atoms with Crippen molar-refractivity contribution in [1.82, 2.24) is 4.72 Å². The van der Waals surface area contributed by atoms with E-state index in [9.17, 15) is 8.42 Å². The van der Waals surface area contributed by atoms with Gasteiger partial charge in [0.05, 0.1) is 11.4 Å². The lowest BCUT2D eigenvalue weighted by atomic mass is 10.2. The Hall–Kier alpha value is -1.31. The molecule has 0 bridgehead atoms. The number of sulfonamides is 1. The minimum Gasteiger partial charge on any atom is -0.490 e. The summed E-state index contributed by atoms with van der Waals surface area (Å²) in [7, 11) is -1.76. The van der Waals surface area contributed by atoms with Gasteiger partial charge in [-0.2, -0.15) is 0 Å². The fourth-order valence-electron chi connectivity index (χ4n) is 1.56. The number of hydrogen-bond donors (Lipinski definition) is 2. The number of benzene rings is 1. The fraction of sp³-hybridized carbons (Fsp3) is 0.538. The molecule has 6 nitrogen and oxygen atoms in total. The Labute approximate surface area is 120 Å². The molecule has 3 N–H and O–H groups in total. The SMILES string of the molecule is COCC(C)CNS(=O)(=O)CCOc1ccccc1N. The Morgan fingerprint density at radius 3 is 2.70 bits per heavy atom. The molecule has 1 aromatic rings. The molecule has 1 unspecified atom stereocenters. The van der Waals surface area contributed by atoms with Gasteiger partial charge in [-0.25, -0.2) is 13.1 Å². The largest absolute Gasteiger partial charge is 0.490 e. The van der Waals surface area contributed by atoms with Gasteiger partial charge in [0.1, 0.15) is 12.4 Å². The lowest BCUT2D eigenvalue weighted by molar-refractivity contribution is 0.161. The van der Waals surface area contributed by atoms with Gasteiger partial charge >= 0.3 is 0 Å². The third kappa shape index (κ3) is 6.23. The number of nitrogen functional groups attached to an aromatic ring is 1. The van der Waals surface area contributed by atoms with Crippen molar-refractivity contribution in [3.8, 4) is 5.75 Å². The molecule has 7 heteroatoms. The van der Waals surface area contributed by atoms with Gasteiger partial charge < -0.3 is 15.2 Å². The molecular formula is C13H22N2O4S. The Morgan fingerprint density at radius 1 is 1.35 bits per heavy atom. The molecule has 0 saturated heterocycles. The average Bonchev–Trinajstić information content (AvgIpc) is 2.39. The van der Waals surface area contributed by atoms with Crippen LogP contribution in [0, 0.1) is 5.92 Å². The van der Waals surface area contributed by atoms with E-state index in [0.29, 0.717) is 24.6 Å². The number of para-hydroxylation sites is 2. The summed E-state index contributed by atoms with van der Waals surface area (Å²) in [5.74, 6) is 0.511. The topological polar surface area (TPSA) is 90.6 Å². The Bertz CT molecular complexity index is 505. The van der Waals surface area contributed by atoms with E-state index in [0.717, 1.165) is 0 Å². The molecule has 0 aromatic heterocycles. The van der Waals surface area contributed by atoms with Crippen molar-refractivity contribution in [3.05, 3.63) is 24.3 Å². The van der Waals surface area contributed by atoms with Gasteiger partial charge in [-0.05, 0) is 18.1 Å². The quantitative estimate of drug-likeness (QED) is 0.660. The van der Waals surface area contributed by atoms with Crippen LogP contribution in [0.4, 0.5) is 5.69 Å².